The highest BCUT2D eigenvalue weighted by atomic mass is 32.2. The van der Waals surface area contributed by atoms with E-state index in [4.69, 9.17) is 6.57 Å². The van der Waals surface area contributed by atoms with Gasteiger partial charge in [-0.3, -0.25) is 14.1 Å². The molecule has 0 aliphatic rings. The first-order valence-corrected chi connectivity index (χ1v) is 7.51. The van der Waals surface area contributed by atoms with Crippen LogP contribution < -0.4 is 10.3 Å². The van der Waals surface area contributed by atoms with Gasteiger partial charge < -0.3 is 5.11 Å². The first kappa shape index (κ1) is 15.0. The SMILES string of the molecule is [C-]#[N+]c1c(NS(C)(=O)=O)cc(=O)n(CCCC)c1O. The highest BCUT2D eigenvalue weighted by molar-refractivity contribution is 7.92. The normalized spacial score (nSPS) is 11.0. The first-order valence-electron chi connectivity index (χ1n) is 5.62. The third kappa shape index (κ3) is 3.72. The summed E-state index contributed by atoms with van der Waals surface area (Å²) in [6.07, 6.45) is 2.40. The average molecular weight is 285 g/mol. The van der Waals surface area contributed by atoms with Gasteiger partial charge in [-0.05, 0) is 6.42 Å². The van der Waals surface area contributed by atoms with Crippen LogP contribution in [0.1, 0.15) is 19.8 Å². The second-order valence-corrected chi connectivity index (χ2v) is 5.81. The fraction of sp³-hybridized carbons (Fsp3) is 0.455. The lowest BCUT2D eigenvalue weighted by molar-refractivity contribution is 0.405. The minimum atomic E-state index is -3.63. The summed E-state index contributed by atoms with van der Waals surface area (Å²) in [6, 6.07) is 1.00. The van der Waals surface area contributed by atoms with Crippen molar-refractivity contribution in [2.75, 3.05) is 11.0 Å². The Kier molecular flexibility index (Phi) is 4.56. The molecule has 0 aliphatic heterocycles. The topological polar surface area (TPSA) is 92.8 Å². The Labute approximate surface area is 111 Å². The number of pyridine rings is 1. The fourth-order valence-electron chi connectivity index (χ4n) is 1.54. The number of aromatic hydroxyl groups is 1. The van der Waals surface area contributed by atoms with Gasteiger partial charge in [-0.25, -0.2) is 13.3 Å². The molecule has 0 saturated carbocycles. The lowest BCUT2D eigenvalue weighted by Gasteiger charge is -2.12. The molecule has 1 rings (SSSR count). The van der Waals surface area contributed by atoms with E-state index in [1.807, 2.05) is 6.92 Å². The van der Waals surface area contributed by atoms with E-state index in [1.165, 1.54) is 0 Å². The second kappa shape index (κ2) is 5.75. The van der Waals surface area contributed by atoms with Crippen LogP contribution in [-0.2, 0) is 16.6 Å². The van der Waals surface area contributed by atoms with E-state index in [0.29, 0.717) is 6.42 Å². The van der Waals surface area contributed by atoms with Crippen LogP contribution in [0.25, 0.3) is 4.85 Å². The number of sulfonamides is 1. The van der Waals surface area contributed by atoms with Crippen molar-refractivity contribution in [3.05, 3.63) is 27.8 Å². The van der Waals surface area contributed by atoms with E-state index in [9.17, 15) is 18.3 Å². The van der Waals surface area contributed by atoms with Crippen molar-refractivity contribution in [2.45, 2.75) is 26.3 Å². The molecule has 0 amide bonds. The molecule has 0 unspecified atom stereocenters. The van der Waals surface area contributed by atoms with E-state index >= 15 is 0 Å². The average Bonchev–Trinajstić information content (AvgIpc) is 2.26. The van der Waals surface area contributed by atoms with E-state index in [0.717, 1.165) is 23.3 Å². The molecule has 8 heteroatoms. The smallest absolute Gasteiger partial charge is 0.268 e. The summed E-state index contributed by atoms with van der Waals surface area (Å²) in [5.74, 6) is -0.512. The van der Waals surface area contributed by atoms with E-state index in [-0.39, 0.29) is 17.9 Å². The summed E-state index contributed by atoms with van der Waals surface area (Å²) in [4.78, 5) is 14.9. The molecule has 1 heterocycles. The van der Waals surface area contributed by atoms with Gasteiger partial charge in [0.15, 0.2) is 5.88 Å². The van der Waals surface area contributed by atoms with Crippen LogP contribution in [-0.4, -0.2) is 24.3 Å². The van der Waals surface area contributed by atoms with Crippen molar-refractivity contribution in [3.8, 4) is 5.88 Å². The summed E-state index contributed by atoms with van der Waals surface area (Å²) in [5.41, 5.74) is -1.03. The maximum Gasteiger partial charge on any atom is 0.268 e. The Balaban J connectivity index is 3.39. The van der Waals surface area contributed by atoms with Crippen molar-refractivity contribution >= 4 is 21.4 Å². The molecule has 0 aromatic carbocycles. The number of hydrogen-bond donors (Lipinski definition) is 2. The van der Waals surface area contributed by atoms with E-state index < -0.39 is 21.5 Å². The summed E-state index contributed by atoms with van der Waals surface area (Å²) in [7, 11) is -3.63. The molecule has 2 N–H and O–H groups in total. The first-order chi connectivity index (χ1) is 8.80. The Morgan fingerprint density at radius 1 is 1.53 bits per heavy atom. The number of nitrogens with zero attached hydrogens (tertiary/aromatic N) is 2. The monoisotopic (exact) mass is 285 g/mol. The third-order valence-electron chi connectivity index (χ3n) is 2.40. The zero-order valence-corrected chi connectivity index (χ0v) is 11.5. The van der Waals surface area contributed by atoms with Gasteiger partial charge in [-0.1, -0.05) is 13.3 Å². The Bertz CT molecular complexity index is 670. The highest BCUT2D eigenvalue weighted by Gasteiger charge is 2.17. The lowest BCUT2D eigenvalue weighted by Crippen LogP contribution is -2.21. The molecule has 0 fully saturated rings. The largest absolute Gasteiger partial charge is 0.503 e. The molecule has 0 bridgehead atoms. The second-order valence-electron chi connectivity index (χ2n) is 4.06. The third-order valence-corrected chi connectivity index (χ3v) is 2.99. The van der Waals surface area contributed by atoms with Crippen molar-refractivity contribution < 1.29 is 13.5 Å². The van der Waals surface area contributed by atoms with Gasteiger partial charge in [0, 0.05) is 12.6 Å². The zero-order valence-electron chi connectivity index (χ0n) is 10.7. The predicted molar refractivity (Wildman–Crippen MR) is 72.0 cm³/mol. The van der Waals surface area contributed by atoms with Crippen LogP contribution in [0.15, 0.2) is 10.9 Å². The van der Waals surface area contributed by atoms with Crippen molar-refractivity contribution in [2.24, 2.45) is 0 Å². The van der Waals surface area contributed by atoms with Gasteiger partial charge in [-0.15, -0.1) is 0 Å². The zero-order chi connectivity index (χ0) is 14.6. The van der Waals surface area contributed by atoms with Crippen LogP contribution in [0.5, 0.6) is 5.88 Å². The van der Waals surface area contributed by atoms with Crippen molar-refractivity contribution in [1.29, 1.82) is 0 Å². The Hall–Kier alpha value is -2.01. The highest BCUT2D eigenvalue weighted by Crippen LogP contribution is 2.33. The van der Waals surface area contributed by atoms with Gasteiger partial charge >= 0.3 is 0 Å². The summed E-state index contributed by atoms with van der Waals surface area (Å²) < 4.78 is 25.4. The van der Waals surface area contributed by atoms with Gasteiger partial charge in [0.25, 0.3) is 11.2 Å². The molecule has 0 saturated heterocycles. The minimum absolute atomic E-state index is 0.201. The van der Waals surface area contributed by atoms with E-state index in [2.05, 4.69) is 9.57 Å². The molecule has 19 heavy (non-hydrogen) atoms. The quantitative estimate of drug-likeness (QED) is 0.797. The molecule has 1 aromatic rings. The Morgan fingerprint density at radius 3 is 2.63 bits per heavy atom. The maximum absolute atomic E-state index is 11.8. The maximum atomic E-state index is 11.8. The molecule has 0 atom stereocenters. The molecule has 1 aromatic heterocycles. The molecule has 0 aliphatic carbocycles. The number of hydrogen-bond acceptors (Lipinski definition) is 4. The number of aromatic nitrogens is 1. The summed E-state index contributed by atoms with van der Waals surface area (Å²) in [6.45, 7) is 9.20. The standard InChI is InChI=1S/C11H15N3O4S/c1-4-5-6-14-9(15)7-8(13-19(3,17)18)10(12-2)11(14)16/h7,13,16H,4-6H2,1,3H3. The summed E-state index contributed by atoms with van der Waals surface area (Å²) >= 11 is 0. The van der Waals surface area contributed by atoms with Crippen molar-refractivity contribution in [3.63, 3.8) is 0 Å². The predicted octanol–water partition coefficient (Wildman–Crippen LogP) is 1.28. The van der Waals surface area contributed by atoms with Gasteiger partial charge in [0.1, 0.15) is 0 Å². The van der Waals surface area contributed by atoms with Crippen LogP contribution in [0, 0.1) is 6.57 Å². The van der Waals surface area contributed by atoms with Gasteiger partial charge in [0.2, 0.25) is 10.0 Å². The van der Waals surface area contributed by atoms with Crippen LogP contribution in [0.2, 0.25) is 0 Å². The molecule has 104 valence electrons. The Morgan fingerprint density at radius 2 is 2.16 bits per heavy atom. The van der Waals surface area contributed by atoms with Crippen LogP contribution >= 0.6 is 0 Å². The number of rotatable bonds is 5. The van der Waals surface area contributed by atoms with Gasteiger partial charge in [-0.2, -0.15) is 0 Å². The molecule has 7 nitrogen and oxygen atoms in total. The van der Waals surface area contributed by atoms with Crippen LogP contribution in [0.4, 0.5) is 11.4 Å². The molecular weight excluding hydrogens is 270 g/mol. The molecule has 0 radical (unpaired) electrons. The van der Waals surface area contributed by atoms with Crippen molar-refractivity contribution in [1.82, 2.24) is 4.57 Å². The van der Waals surface area contributed by atoms with Gasteiger partial charge in [0.05, 0.1) is 18.5 Å². The van der Waals surface area contributed by atoms with E-state index in [1.54, 1.807) is 0 Å². The summed E-state index contributed by atoms with van der Waals surface area (Å²) in [5, 5.41) is 9.89. The fourth-order valence-corrected chi connectivity index (χ4v) is 2.10. The number of nitrogens with one attached hydrogen (secondary N) is 1. The molecule has 0 spiro atoms. The minimum Gasteiger partial charge on any atom is -0.503 e. The number of unbranched alkanes of at least 4 members (excludes halogenated alkanes) is 1. The molecular formula is C11H15N3O4S. The lowest BCUT2D eigenvalue weighted by atomic mass is 10.3. The van der Waals surface area contributed by atoms with Crippen LogP contribution in [0.3, 0.4) is 0 Å². The number of anilines is 1.